The highest BCUT2D eigenvalue weighted by molar-refractivity contribution is 6.16. The zero-order chi connectivity index (χ0) is 31.4. The first-order chi connectivity index (χ1) is 20.4. The van der Waals surface area contributed by atoms with Crippen LogP contribution in [0.2, 0.25) is 0 Å². The number of carbonyl (C=O) groups excluding carboxylic acids is 4. The molecule has 0 aromatic heterocycles. The predicted molar refractivity (Wildman–Crippen MR) is 155 cm³/mol. The van der Waals surface area contributed by atoms with Crippen molar-refractivity contribution in [2.24, 2.45) is 29.1 Å². The summed E-state index contributed by atoms with van der Waals surface area (Å²) in [6.45, 7) is 5.39. The Morgan fingerprint density at radius 3 is 2.23 bits per heavy atom. The number of methoxy groups -OCH3 is 2. The molecule has 0 spiro atoms. The number of hydrogen-bond acceptors (Lipinski definition) is 8. The molecule has 1 aromatic rings. The maximum absolute atomic E-state index is 14.2. The van der Waals surface area contributed by atoms with Crippen molar-refractivity contribution in [3.05, 3.63) is 40.5 Å². The number of ether oxygens (including phenoxy) is 2. The molecule has 4 aliphatic rings. The van der Waals surface area contributed by atoms with E-state index in [0.29, 0.717) is 42.4 Å². The summed E-state index contributed by atoms with van der Waals surface area (Å²) < 4.78 is 10.9. The topological polar surface area (TPSA) is 148 Å². The molecule has 2 amide bonds. The molecule has 0 bridgehead atoms. The number of benzene rings is 1. The van der Waals surface area contributed by atoms with Crippen LogP contribution in [0, 0.1) is 29.1 Å². The standard InChI is InChI=1S/C33H39NO9/c1-16-17(2)30(39)33(3)22(28(16)37)15-21-19(27(33)18-13-23(42-4)29(38)24(14-18)43-5)10-11-20-26(21)32(41)34(31(20)40)12-8-6-7-9-25(35)36/h10,13-14,20-22,26-27,38H,6-9,11-12,15H2,1-5H3,(H,35,36)/t20-,21+,22-,26-,27-,33+/m0/s1. The molecule has 3 aliphatic carbocycles. The summed E-state index contributed by atoms with van der Waals surface area (Å²) in [7, 11) is 2.84. The first-order valence-corrected chi connectivity index (χ1v) is 14.9. The molecule has 0 radical (unpaired) electrons. The fourth-order valence-corrected chi connectivity index (χ4v) is 8.05. The minimum atomic E-state index is -1.17. The molecule has 2 N–H and O–H groups in total. The zero-order valence-electron chi connectivity index (χ0n) is 25.3. The number of ketones is 2. The van der Waals surface area contributed by atoms with E-state index in [2.05, 4.69) is 0 Å². The first kappa shape index (κ1) is 30.5. The van der Waals surface area contributed by atoms with E-state index in [1.54, 1.807) is 26.0 Å². The highest BCUT2D eigenvalue weighted by Gasteiger charge is 2.64. The third kappa shape index (κ3) is 4.66. The molecule has 1 aromatic carbocycles. The number of rotatable bonds is 9. The Balaban J connectivity index is 1.58. The lowest BCUT2D eigenvalue weighted by Crippen LogP contribution is -2.55. The smallest absolute Gasteiger partial charge is 0.303 e. The number of nitrogens with zero attached hydrogens (tertiary/aromatic N) is 1. The second-order valence-electron chi connectivity index (χ2n) is 12.4. The molecule has 1 heterocycles. The van der Waals surface area contributed by atoms with E-state index >= 15 is 0 Å². The van der Waals surface area contributed by atoms with Crippen molar-refractivity contribution in [1.82, 2.24) is 4.90 Å². The Morgan fingerprint density at radius 2 is 1.63 bits per heavy atom. The van der Waals surface area contributed by atoms with Gasteiger partial charge in [0.1, 0.15) is 0 Å². The van der Waals surface area contributed by atoms with Crippen LogP contribution >= 0.6 is 0 Å². The number of likely N-dealkylation sites (tertiary alicyclic amines) is 1. The van der Waals surface area contributed by atoms with Crippen molar-refractivity contribution >= 4 is 29.4 Å². The second kappa shape index (κ2) is 11.3. The highest BCUT2D eigenvalue weighted by Crippen LogP contribution is 2.63. The van der Waals surface area contributed by atoms with Crippen LogP contribution in [0.4, 0.5) is 0 Å². The third-order valence-corrected chi connectivity index (χ3v) is 10.4. The number of fused-ring (bicyclic) bond motifs is 4. The largest absolute Gasteiger partial charge is 0.502 e. The number of aromatic hydroxyl groups is 1. The van der Waals surface area contributed by atoms with Crippen molar-refractivity contribution < 1.29 is 43.7 Å². The number of hydrogen-bond donors (Lipinski definition) is 2. The van der Waals surface area contributed by atoms with Crippen LogP contribution in [0.15, 0.2) is 34.9 Å². The van der Waals surface area contributed by atoms with Crippen LogP contribution in [-0.4, -0.2) is 65.2 Å². The average Bonchev–Trinajstić information content (AvgIpc) is 3.23. The lowest BCUT2D eigenvalue weighted by Gasteiger charge is -2.54. The van der Waals surface area contributed by atoms with Crippen LogP contribution < -0.4 is 9.47 Å². The molecule has 43 heavy (non-hydrogen) atoms. The number of Topliss-reactive ketones (excluding diaryl/α,β-unsaturated/α-hetero) is 2. The maximum Gasteiger partial charge on any atom is 0.303 e. The molecule has 10 nitrogen and oxygen atoms in total. The van der Waals surface area contributed by atoms with Crippen molar-refractivity contribution in [2.75, 3.05) is 20.8 Å². The van der Waals surface area contributed by atoms with E-state index in [-0.39, 0.29) is 60.0 Å². The van der Waals surface area contributed by atoms with Gasteiger partial charge in [0.25, 0.3) is 0 Å². The molecule has 10 heteroatoms. The van der Waals surface area contributed by atoms with Crippen LogP contribution in [0.3, 0.4) is 0 Å². The van der Waals surface area contributed by atoms with Gasteiger partial charge >= 0.3 is 5.97 Å². The number of phenols is 1. The van der Waals surface area contributed by atoms with Gasteiger partial charge in [0.05, 0.1) is 31.5 Å². The normalized spacial score (nSPS) is 30.1. The fraction of sp³-hybridized carbons (Fsp3) is 0.545. The van der Waals surface area contributed by atoms with Gasteiger partial charge in [-0.05, 0) is 74.3 Å². The maximum atomic E-state index is 14.2. The summed E-state index contributed by atoms with van der Waals surface area (Å²) in [5.41, 5.74) is 1.13. The first-order valence-electron chi connectivity index (χ1n) is 14.9. The number of amides is 2. The molecule has 6 atom stereocenters. The summed E-state index contributed by atoms with van der Waals surface area (Å²) in [5, 5.41) is 19.6. The van der Waals surface area contributed by atoms with Crippen molar-refractivity contribution in [2.45, 2.75) is 65.2 Å². The molecular weight excluding hydrogens is 554 g/mol. The molecule has 5 rings (SSSR count). The number of imide groups is 1. The number of carboxylic acid groups (broad SMARTS) is 1. The SMILES string of the molecule is COc1cc([C@H]2C3=CC[C@@H]4C(=O)N(CCCCCC(=O)O)C(=O)[C@@H]4[C@@H]3C[C@H]3C(=O)C(C)=C(C)C(=O)[C@@]23C)cc(OC)c1O. The van der Waals surface area contributed by atoms with Gasteiger partial charge in [-0.3, -0.25) is 28.9 Å². The van der Waals surface area contributed by atoms with Crippen LogP contribution in [0.1, 0.15) is 70.8 Å². The monoisotopic (exact) mass is 593 g/mol. The van der Waals surface area contributed by atoms with Crippen molar-refractivity contribution in [3.8, 4) is 17.2 Å². The average molecular weight is 594 g/mol. The Bertz CT molecular complexity index is 1450. The lowest BCUT2D eigenvalue weighted by molar-refractivity contribution is -0.143. The van der Waals surface area contributed by atoms with Gasteiger partial charge in [-0.15, -0.1) is 0 Å². The van der Waals surface area contributed by atoms with Gasteiger partial charge in [-0.25, -0.2) is 0 Å². The van der Waals surface area contributed by atoms with E-state index in [1.807, 2.05) is 13.0 Å². The van der Waals surface area contributed by atoms with Gasteiger partial charge in [0, 0.05) is 24.8 Å². The summed E-state index contributed by atoms with van der Waals surface area (Å²) in [4.78, 5) is 67.6. The Kier molecular flexibility index (Phi) is 8.00. The molecule has 2 fully saturated rings. The fourth-order valence-electron chi connectivity index (χ4n) is 8.05. The van der Waals surface area contributed by atoms with E-state index in [1.165, 1.54) is 19.1 Å². The zero-order valence-corrected chi connectivity index (χ0v) is 25.3. The minimum absolute atomic E-state index is 0.0387. The van der Waals surface area contributed by atoms with Crippen molar-refractivity contribution in [1.29, 1.82) is 0 Å². The summed E-state index contributed by atoms with van der Waals surface area (Å²) >= 11 is 0. The Hall–Kier alpha value is -3.95. The van der Waals surface area contributed by atoms with Crippen LogP contribution in [-0.2, 0) is 24.0 Å². The van der Waals surface area contributed by atoms with Crippen LogP contribution in [0.25, 0.3) is 0 Å². The van der Waals surface area contributed by atoms with E-state index < -0.39 is 41.0 Å². The summed E-state index contributed by atoms with van der Waals surface area (Å²) in [5.74, 6) is -4.52. The number of carbonyl (C=O) groups is 5. The van der Waals surface area contributed by atoms with Gasteiger partial charge in [0.2, 0.25) is 17.6 Å². The molecule has 0 unspecified atom stereocenters. The van der Waals surface area contributed by atoms with Gasteiger partial charge in [-0.1, -0.05) is 25.0 Å². The number of aliphatic carboxylic acids is 1. The minimum Gasteiger partial charge on any atom is -0.502 e. The number of unbranched alkanes of at least 4 members (excludes halogenated alkanes) is 2. The molecule has 230 valence electrons. The lowest BCUT2D eigenvalue weighted by atomic mass is 9.46. The van der Waals surface area contributed by atoms with Crippen molar-refractivity contribution in [3.63, 3.8) is 0 Å². The Labute approximate surface area is 250 Å². The molecule has 1 aliphatic heterocycles. The summed E-state index contributed by atoms with van der Waals surface area (Å²) in [6, 6.07) is 3.31. The molecule has 1 saturated heterocycles. The number of carboxylic acids is 1. The third-order valence-electron chi connectivity index (χ3n) is 10.4. The van der Waals surface area contributed by atoms with Gasteiger partial charge < -0.3 is 19.7 Å². The molecule has 1 saturated carbocycles. The van der Waals surface area contributed by atoms with E-state index in [9.17, 15) is 29.1 Å². The summed E-state index contributed by atoms with van der Waals surface area (Å²) in [6.07, 6.45) is 4.18. The van der Waals surface area contributed by atoms with E-state index in [0.717, 1.165) is 5.57 Å². The molecular formula is C33H39NO9. The van der Waals surface area contributed by atoms with Gasteiger partial charge in [-0.2, -0.15) is 0 Å². The van der Waals surface area contributed by atoms with E-state index in [4.69, 9.17) is 14.6 Å². The highest BCUT2D eigenvalue weighted by atomic mass is 16.5. The van der Waals surface area contributed by atoms with Gasteiger partial charge in [0.15, 0.2) is 23.1 Å². The van der Waals surface area contributed by atoms with Crippen LogP contribution in [0.5, 0.6) is 17.2 Å². The Morgan fingerprint density at radius 1 is 0.977 bits per heavy atom. The number of allylic oxidation sites excluding steroid dienone is 4. The predicted octanol–water partition coefficient (Wildman–Crippen LogP) is 4.20. The number of phenolic OH excluding ortho intramolecular Hbond substituents is 1. The second-order valence-corrected chi connectivity index (χ2v) is 12.4. The quantitative estimate of drug-likeness (QED) is 0.244.